The smallest absolute Gasteiger partial charge is 0.343 e. The minimum absolute atomic E-state index is 0.396. The number of halogens is 4. The second kappa shape index (κ2) is 5.47. The first-order valence-electron chi connectivity index (χ1n) is 4.65. The van der Waals surface area contributed by atoms with Crippen molar-refractivity contribution < 1.29 is 22.4 Å². The third kappa shape index (κ3) is 5.70. The quantitative estimate of drug-likeness (QED) is 0.645. The Hall–Kier alpha value is -1.85. The lowest BCUT2D eigenvalue weighted by atomic mass is 10.2. The lowest BCUT2D eigenvalue weighted by molar-refractivity contribution is -0.135. The van der Waals surface area contributed by atoms with Crippen LogP contribution in [0.2, 0.25) is 0 Å². The van der Waals surface area contributed by atoms with Gasteiger partial charge in [-0.05, 0) is 23.8 Å². The maximum atomic E-state index is 12.7. The Morgan fingerprint density at radius 2 is 2.06 bits per heavy atom. The van der Waals surface area contributed by atoms with Gasteiger partial charge >= 0.3 is 6.18 Å². The molecule has 1 rings (SSSR count). The van der Waals surface area contributed by atoms with Gasteiger partial charge in [0, 0.05) is 6.08 Å². The Balaban J connectivity index is 2.51. The molecule has 0 aliphatic rings. The summed E-state index contributed by atoms with van der Waals surface area (Å²) in [5, 5.41) is 1.66. The fourth-order valence-corrected chi connectivity index (χ4v) is 1.03. The molecule has 1 aromatic rings. The normalized spacial score (nSPS) is 11.8. The van der Waals surface area contributed by atoms with Crippen LogP contribution in [-0.2, 0) is 4.79 Å². The number of hydrogen-bond donors (Lipinski definition) is 1. The van der Waals surface area contributed by atoms with E-state index in [1.807, 2.05) is 0 Å². The van der Waals surface area contributed by atoms with E-state index in [0.717, 1.165) is 12.1 Å². The molecule has 92 valence electrons. The van der Waals surface area contributed by atoms with Crippen molar-refractivity contribution in [1.82, 2.24) is 5.32 Å². The second-order valence-electron chi connectivity index (χ2n) is 3.22. The van der Waals surface area contributed by atoms with E-state index in [-0.39, 0.29) is 0 Å². The molecule has 0 bridgehead atoms. The zero-order valence-electron chi connectivity index (χ0n) is 8.59. The Kier molecular flexibility index (Phi) is 4.25. The summed E-state index contributed by atoms with van der Waals surface area (Å²) in [6, 6.07) is 5.34. The van der Waals surface area contributed by atoms with Crippen molar-refractivity contribution in [3.8, 4) is 0 Å². The second-order valence-corrected chi connectivity index (χ2v) is 3.22. The van der Waals surface area contributed by atoms with Gasteiger partial charge in [-0.15, -0.1) is 0 Å². The molecule has 6 heteroatoms. The fourth-order valence-electron chi connectivity index (χ4n) is 1.03. The lowest BCUT2D eigenvalue weighted by Crippen LogP contribution is -2.32. The van der Waals surface area contributed by atoms with Gasteiger partial charge in [0.05, 0.1) is 0 Å². The van der Waals surface area contributed by atoms with Crippen molar-refractivity contribution >= 4 is 12.0 Å². The molecule has 1 aromatic carbocycles. The number of rotatable bonds is 3. The van der Waals surface area contributed by atoms with E-state index in [1.165, 1.54) is 24.3 Å². The molecule has 0 unspecified atom stereocenters. The van der Waals surface area contributed by atoms with Crippen molar-refractivity contribution in [1.29, 1.82) is 0 Å². The average molecular weight is 247 g/mol. The van der Waals surface area contributed by atoms with Gasteiger partial charge in [-0.1, -0.05) is 12.1 Å². The van der Waals surface area contributed by atoms with Gasteiger partial charge in [0.2, 0.25) is 5.91 Å². The molecule has 1 amide bonds. The summed E-state index contributed by atoms with van der Waals surface area (Å²) in [6.07, 6.45) is -2.29. The third-order valence-electron chi connectivity index (χ3n) is 1.74. The number of carbonyl (C=O) groups is 1. The fraction of sp³-hybridized carbons (Fsp3) is 0.182. The van der Waals surface area contributed by atoms with Crippen molar-refractivity contribution in [2.45, 2.75) is 6.18 Å². The molecule has 0 aliphatic heterocycles. The number of amides is 1. The van der Waals surface area contributed by atoms with Gasteiger partial charge < -0.3 is 5.32 Å². The van der Waals surface area contributed by atoms with E-state index in [4.69, 9.17) is 0 Å². The van der Waals surface area contributed by atoms with Crippen LogP contribution in [0, 0.1) is 5.82 Å². The molecule has 0 aliphatic carbocycles. The Morgan fingerprint density at radius 1 is 1.35 bits per heavy atom. The number of carbonyl (C=O) groups excluding carboxylic acids is 1. The van der Waals surface area contributed by atoms with Crippen LogP contribution in [0.25, 0.3) is 6.08 Å². The molecular formula is C11H9F4NO. The number of nitrogens with one attached hydrogen (secondary N) is 1. The predicted molar refractivity (Wildman–Crippen MR) is 54.5 cm³/mol. The average Bonchev–Trinajstić information content (AvgIpc) is 2.23. The van der Waals surface area contributed by atoms with Crippen LogP contribution >= 0.6 is 0 Å². The third-order valence-corrected chi connectivity index (χ3v) is 1.74. The van der Waals surface area contributed by atoms with Gasteiger partial charge in [-0.25, -0.2) is 4.39 Å². The van der Waals surface area contributed by atoms with E-state index in [0.29, 0.717) is 5.56 Å². The van der Waals surface area contributed by atoms with Gasteiger partial charge in [-0.2, -0.15) is 13.2 Å². The van der Waals surface area contributed by atoms with Crippen molar-refractivity contribution in [2.24, 2.45) is 0 Å². The Bertz CT molecular complexity index is 426. The van der Waals surface area contributed by atoms with Crippen LogP contribution in [0.15, 0.2) is 30.3 Å². The molecule has 0 spiro atoms. The van der Waals surface area contributed by atoms with E-state index >= 15 is 0 Å². The van der Waals surface area contributed by atoms with Crippen molar-refractivity contribution in [3.63, 3.8) is 0 Å². The minimum Gasteiger partial charge on any atom is -0.343 e. The van der Waals surface area contributed by atoms with Crippen molar-refractivity contribution in [2.75, 3.05) is 6.54 Å². The molecule has 2 nitrogen and oxygen atoms in total. The highest BCUT2D eigenvalue weighted by Crippen LogP contribution is 2.12. The SMILES string of the molecule is O=C(/C=C\c1cccc(F)c1)NCC(F)(F)F. The summed E-state index contributed by atoms with van der Waals surface area (Å²) in [7, 11) is 0. The van der Waals surface area contributed by atoms with Crippen LogP contribution in [-0.4, -0.2) is 18.6 Å². The summed E-state index contributed by atoms with van der Waals surface area (Å²) in [5.41, 5.74) is 0.396. The molecule has 0 fully saturated rings. The van der Waals surface area contributed by atoms with Gasteiger partial charge in [-0.3, -0.25) is 4.79 Å². The zero-order valence-corrected chi connectivity index (χ0v) is 8.59. The molecule has 17 heavy (non-hydrogen) atoms. The maximum Gasteiger partial charge on any atom is 0.405 e. The summed E-state index contributed by atoms with van der Waals surface area (Å²) < 4.78 is 47.9. The molecule has 0 aromatic heterocycles. The molecule has 0 atom stereocenters. The Labute approximate surface area is 94.9 Å². The maximum absolute atomic E-state index is 12.7. The summed E-state index contributed by atoms with van der Waals surface area (Å²) >= 11 is 0. The number of hydrogen-bond acceptors (Lipinski definition) is 1. The van der Waals surface area contributed by atoms with Crippen molar-refractivity contribution in [3.05, 3.63) is 41.7 Å². The van der Waals surface area contributed by atoms with Crippen LogP contribution in [0.3, 0.4) is 0 Å². The monoisotopic (exact) mass is 247 g/mol. The first-order valence-corrected chi connectivity index (χ1v) is 4.65. The summed E-state index contributed by atoms with van der Waals surface area (Å²) in [6.45, 7) is -1.39. The van der Waals surface area contributed by atoms with E-state index in [9.17, 15) is 22.4 Å². The molecular weight excluding hydrogens is 238 g/mol. The summed E-state index contributed by atoms with van der Waals surface area (Å²) in [5.74, 6) is -1.37. The van der Waals surface area contributed by atoms with E-state index in [1.54, 1.807) is 5.32 Å². The molecule has 0 saturated carbocycles. The minimum atomic E-state index is -4.44. The lowest BCUT2D eigenvalue weighted by Gasteiger charge is -2.05. The van der Waals surface area contributed by atoms with Crippen LogP contribution in [0.1, 0.15) is 5.56 Å². The molecule has 0 radical (unpaired) electrons. The standard InChI is InChI=1S/C11H9F4NO/c12-9-3-1-2-8(6-9)4-5-10(17)16-7-11(13,14)15/h1-6H,7H2,(H,16,17)/b5-4-. The zero-order chi connectivity index (χ0) is 12.9. The Morgan fingerprint density at radius 3 is 2.65 bits per heavy atom. The number of benzene rings is 1. The highest BCUT2D eigenvalue weighted by molar-refractivity contribution is 5.91. The molecule has 1 N–H and O–H groups in total. The van der Waals surface area contributed by atoms with Gasteiger partial charge in [0.1, 0.15) is 12.4 Å². The number of alkyl halides is 3. The molecule has 0 heterocycles. The van der Waals surface area contributed by atoms with Gasteiger partial charge in [0.25, 0.3) is 0 Å². The topological polar surface area (TPSA) is 29.1 Å². The molecule has 0 saturated heterocycles. The largest absolute Gasteiger partial charge is 0.405 e. The highest BCUT2D eigenvalue weighted by Gasteiger charge is 2.27. The predicted octanol–water partition coefficient (Wildman–Crippen LogP) is 2.52. The van der Waals surface area contributed by atoms with Crippen LogP contribution < -0.4 is 5.32 Å². The van der Waals surface area contributed by atoms with E-state index in [2.05, 4.69) is 0 Å². The summed E-state index contributed by atoms with van der Waals surface area (Å²) in [4.78, 5) is 11.0. The van der Waals surface area contributed by atoms with Gasteiger partial charge in [0.15, 0.2) is 0 Å². The first kappa shape index (κ1) is 13.2. The van der Waals surface area contributed by atoms with Crippen LogP contribution in [0.4, 0.5) is 17.6 Å². The van der Waals surface area contributed by atoms with Crippen LogP contribution in [0.5, 0.6) is 0 Å². The highest BCUT2D eigenvalue weighted by atomic mass is 19.4. The van der Waals surface area contributed by atoms with E-state index < -0.39 is 24.4 Å². The first-order chi connectivity index (χ1) is 7.87.